The van der Waals surface area contributed by atoms with Crippen molar-refractivity contribution in [1.29, 1.82) is 0 Å². The maximum absolute atomic E-state index is 12.1. The minimum absolute atomic E-state index is 0.111. The highest BCUT2D eigenvalue weighted by atomic mass is 79.9. The SMILES string of the molecule is CC(C)(C)CC(Br)CNC(=O)c1cc(Br)cc([N+](=O)[O-])c1. The van der Waals surface area contributed by atoms with Gasteiger partial charge in [0.05, 0.1) is 4.92 Å². The van der Waals surface area contributed by atoms with E-state index in [-0.39, 0.29) is 27.4 Å². The molecule has 0 aromatic heterocycles. The van der Waals surface area contributed by atoms with E-state index < -0.39 is 4.92 Å². The fourth-order valence-corrected chi connectivity index (χ4v) is 3.47. The highest BCUT2D eigenvalue weighted by molar-refractivity contribution is 9.10. The maximum atomic E-state index is 12.1. The summed E-state index contributed by atoms with van der Waals surface area (Å²) in [6, 6.07) is 4.20. The summed E-state index contributed by atoms with van der Waals surface area (Å²) in [5, 5.41) is 13.6. The molecule has 1 atom stereocenters. The fourth-order valence-electron chi connectivity index (χ4n) is 1.85. The van der Waals surface area contributed by atoms with Crippen LogP contribution in [0, 0.1) is 15.5 Å². The Morgan fingerprint density at radius 3 is 2.52 bits per heavy atom. The minimum Gasteiger partial charge on any atom is -0.351 e. The summed E-state index contributed by atoms with van der Waals surface area (Å²) in [5.74, 6) is -0.322. The molecule has 5 nitrogen and oxygen atoms in total. The topological polar surface area (TPSA) is 72.2 Å². The molecule has 0 bridgehead atoms. The van der Waals surface area contributed by atoms with Crippen molar-refractivity contribution < 1.29 is 9.72 Å². The number of non-ortho nitro benzene ring substituents is 1. The molecule has 0 heterocycles. The number of nitro benzene ring substituents is 1. The zero-order chi connectivity index (χ0) is 16.2. The van der Waals surface area contributed by atoms with Crippen LogP contribution >= 0.6 is 31.9 Å². The van der Waals surface area contributed by atoms with E-state index in [1.54, 1.807) is 6.07 Å². The van der Waals surface area contributed by atoms with Gasteiger partial charge in [-0.2, -0.15) is 0 Å². The number of carbonyl (C=O) groups excluding carboxylic acids is 1. The number of nitrogens with zero attached hydrogens (tertiary/aromatic N) is 1. The molecular formula is C14H18Br2N2O3. The van der Waals surface area contributed by atoms with Crippen molar-refractivity contribution in [3.05, 3.63) is 38.3 Å². The Bertz CT molecular complexity index is 542. The number of benzene rings is 1. The zero-order valence-corrected chi connectivity index (χ0v) is 15.3. The van der Waals surface area contributed by atoms with Crippen molar-refractivity contribution in [1.82, 2.24) is 5.32 Å². The van der Waals surface area contributed by atoms with Crippen LogP contribution in [-0.4, -0.2) is 22.2 Å². The van der Waals surface area contributed by atoms with E-state index in [9.17, 15) is 14.9 Å². The number of halogens is 2. The van der Waals surface area contributed by atoms with Crippen molar-refractivity contribution in [2.45, 2.75) is 32.0 Å². The largest absolute Gasteiger partial charge is 0.351 e. The van der Waals surface area contributed by atoms with Gasteiger partial charge in [-0.15, -0.1) is 0 Å². The third kappa shape index (κ3) is 6.56. The van der Waals surface area contributed by atoms with E-state index in [4.69, 9.17) is 0 Å². The lowest BCUT2D eigenvalue weighted by Gasteiger charge is -2.22. The number of hydrogen-bond acceptors (Lipinski definition) is 3. The van der Waals surface area contributed by atoms with Crippen LogP contribution in [0.15, 0.2) is 22.7 Å². The van der Waals surface area contributed by atoms with E-state index in [1.165, 1.54) is 12.1 Å². The molecular weight excluding hydrogens is 404 g/mol. The number of nitro groups is 1. The second-order valence-corrected chi connectivity index (χ2v) is 8.24. The van der Waals surface area contributed by atoms with E-state index >= 15 is 0 Å². The third-order valence-electron chi connectivity index (χ3n) is 2.67. The van der Waals surface area contributed by atoms with Crippen molar-refractivity contribution >= 4 is 43.5 Å². The number of alkyl halides is 1. The van der Waals surface area contributed by atoms with Gasteiger partial charge in [0.1, 0.15) is 0 Å². The maximum Gasteiger partial charge on any atom is 0.271 e. The average Bonchev–Trinajstić information content (AvgIpc) is 2.33. The Morgan fingerprint density at radius 1 is 1.38 bits per heavy atom. The summed E-state index contributed by atoms with van der Waals surface area (Å²) < 4.78 is 0.506. The van der Waals surface area contributed by atoms with Crippen LogP contribution in [0.1, 0.15) is 37.6 Å². The number of carbonyl (C=O) groups is 1. The molecule has 0 saturated heterocycles. The van der Waals surface area contributed by atoms with Gasteiger partial charge in [0, 0.05) is 33.5 Å². The Kier molecular flexibility index (Phi) is 6.34. The summed E-state index contributed by atoms with van der Waals surface area (Å²) in [6.45, 7) is 6.85. The van der Waals surface area contributed by atoms with Gasteiger partial charge in [0.2, 0.25) is 0 Å². The Balaban J connectivity index is 2.70. The summed E-state index contributed by atoms with van der Waals surface area (Å²) in [4.78, 5) is 22.5. The van der Waals surface area contributed by atoms with Crippen molar-refractivity contribution in [2.75, 3.05) is 6.54 Å². The molecule has 0 saturated carbocycles. The highest BCUT2D eigenvalue weighted by Crippen LogP contribution is 2.24. The second-order valence-electron chi connectivity index (χ2n) is 6.03. The third-order valence-corrected chi connectivity index (χ3v) is 3.78. The normalized spacial score (nSPS) is 12.8. The van der Waals surface area contributed by atoms with Crippen LogP contribution in [0.4, 0.5) is 5.69 Å². The van der Waals surface area contributed by atoms with Crippen molar-refractivity contribution in [3.8, 4) is 0 Å². The summed E-state index contributed by atoms with van der Waals surface area (Å²) >= 11 is 6.71. The van der Waals surface area contributed by atoms with Crippen LogP contribution in [0.3, 0.4) is 0 Å². The number of rotatable bonds is 5. The lowest BCUT2D eigenvalue weighted by Crippen LogP contribution is -2.31. The summed E-state index contributed by atoms with van der Waals surface area (Å²) in [7, 11) is 0. The smallest absolute Gasteiger partial charge is 0.271 e. The molecule has 0 spiro atoms. The standard InChI is InChI=1S/C14H18Br2N2O3/c1-14(2,3)7-11(16)8-17-13(19)9-4-10(15)6-12(5-9)18(20)21/h4-6,11H,7-8H2,1-3H3,(H,17,19). The van der Waals surface area contributed by atoms with Gasteiger partial charge in [-0.05, 0) is 17.9 Å². The molecule has 1 amide bonds. The minimum atomic E-state index is -0.519. The Labute approximate surface area is 140 Å². The molecule has 0 radical (unpaired) electrons. The lowest BCUT2D eigenvalue weighted by molar-refractivity contribution is -0.385. The Morgan fingerprint density at radius 2 is 2.00 bits per heavy atom. The average molecular weight is 422 g/mol. The van der Waals surface area contributed by atoms with Gasteiger partial charge in [0.15, 0.2) is 0 Å². The first-order valence-corrected chi connectivity index (χ1v) is 8.16. The molecule has 1 aromatic rings. The molecule has 21 heavy (non-hydrogen) atoms. The lowest BCUT2D eigenvalue weighted by atomic mass is 9.90. The molecule has 0 aliphatic heterocycles. The molecule has 0 aliphatic rings. The van der Waals surface area contributed by atoms with Crippen LogP contribution in [0.25, 0.3) is 0 Å². The molecule has 0 aliphatic carbocycles. The summed E-state index contributed by atoms with van der Waals surface area (Å²) in [6.07, 6.45) is 0.909. The quantitative estimate of drug-likeness (QED) is 0.438. The van der Waals surface area contributed by atoms with Gasteiger partial charge in [-0.1, -0.05) is 52.6 Å². The van der Waals surface area contributed by atoms with Crippen LogP contribution < -0.4 is 5.32 Å². The molecule has 1 unspecified atom stereocenters. The fraction of sp³-hybridized carbons (Fsp3) is 0.500. The molecule has 1 rings (SSSR count). The van der Waals surface area contributed by atoms with E-state index in [1.807, 2.05) is 0 Å². The van der Waals surface area contributed by atoms with E-state index in [2.05, 4.69) is 57.9 Å². The number of hydrogen-bond donors (Lipinski definition) is 1. The monoisotopic (exact) mass is 420 g/mol. The molecule has 116 valence electrons. The first kappa shape index (κ1) is 18.1. The Hall–Kier alpha value is -0.950. The van der Waals surface area contributed by atoms with Crippen LogP contribution in [0.5, 0.6) is 0 Å². The number of amides is 1. The van der Waals surface area contributed by atoms with Crippen LogP contribution in [-0.2, 0) is 0 Å². The van der Waals surface area contributed by atoms with Gasteiger partial charge >= 0.3 is 0 Å². The molecule has 1 aromatic carbocycles. The first-order chi connectivity index (χ1) is 9.58. The van der Waals surface area contributed by atoms with Gasteiger partial charge < -0.3 is 5.32 Å². The second kappa shape index (κ2) is 7.35. The zero-order valence-electron chi connectivity index (χ0n) is 12.2. The molecule has 0 fully saturated rings. The van der Waals surface area contributed by atoms with Gasteiger partial charge in [-0.25, -0.2) is 0 Å². The number of nitrogens with one attached hydrogen (secondary N) is 1. The first-order valence-electron chi connectivity index (χ1n) is 6.46. The van der Waals surface area contributed by atoms with Crippen molar-refractivity contribution in [3.63, 3.8) is 0 Å². The van der Waals surface area contributed by atoms with E-state index in [0.717, 1.165) is 6.42 Å². The highest BCUT2D eigenvalue weighted by Gasteiger charge is 2.18. The van der Waals surface area contributed by atoms with Gasteiger partial charge in [0.25, 0.3) is 11.6 Å². The predicted octanol–water partition coefficient (Wildman–Crippen LogP) is 4.29. The molecule has 7 heteroatoms. The van der Waals surface area contributed by atoms with Crippen LogP contribution in [0.2, 0.25) is 0 Å². The predicted molar refractivity (Wildman–Crippen MR) is 89.9 cm³/mol. The van der Waals surface area contributed by atoms with E-state index in [0.29, 0.717) is 11.0 Å². The van der Waals surface area contributed by atoms with Crippen molar-refractivity contribution in [2.24, 2.45) is 5.41 Å². The van der Waals surface area contributed by atoms with Gasteiger partial charge in [-0.3, -0.25) is 14.9 Å². The molecule has 1 N–H and O–H groups in total. The summed E-state index contributed by atoms with van der Waals surface area (Å²) in [5.41, 5.74) is 0.319.